The standard InChI is InChI=1S/C23H23BrN2O4/c1-15(2)13-30-21-10-8-18(12-20(21)24)23(28)26-25-22(27)14-29-19-9-7-16-5-3-4-6-17(16)11-19/h3-12,15H,13-14H2,1-2H3,(H,25,27)(H,26,28). The van der Waals surface area contributed by atoms with Crippen molar-refractivity contribution in [3.05, 3.63) is 70.7 Å². The number of ether oxygens (including phenoxy) is 2. The van der Waals surface area contributed by atoms with E-state index in [0.717, 1.165) is 10.8 Å². The second-order valence-corrected chi connectivity index (χ2v) is 8.00. The van der Waals surface area contributed by atoms with E-state index >= 15 is 0 Å². The molecule has 0 fully saturated rings. The molecule has 0 aliphatic carbocycles. The molecule has 0 aliphatic rings. The highest BCUT2D eigenvalue weighted by Gasteiger charge is 2.11. The molecule has 0 bridgehead atoms. The topological polar surface area (TPSA) is 76.7 Å². The maximum Gasteiger partial charge on any atom is 0.276 e. The van der Waals surface area contributed by atoms with Crippen molar-refractivity contribution in [2.45, 2.75) is 13.8 Å². The lowest BCUT2D eigenvalue weighted by molar-refractivity contribution is -0.123. The zero-order valence-electron chi connectivity index (χ0n) is 16.8. The minimum Gasteiger partial charge on any atom is -0.492 e. The number of hydrazine groups is 1. The number of hydrogen-bond acceptors (Lipinski definition) is 4. The number of rotatable bonds is 7. The van der Waals surface area contributed by atoms with Gasteiger partial charge in [-0.15, -0.1) is 0 Å². The lowest BCUT2D eigenvalue weighted by Crippen LogP contribution is -2.43. The summed E-state index contributed by atoms with van der Waals surface area (Å²) < 4.78 is 11.8. The Balaban J connectivity index is 1.49. The van der Waals surface area contributed by atoms with Gasteiger partial charge in [-0.25, -0.2) is 0 Å². The van der Waals surface area contributed by atoms with Crippen molar-refractivity contribution >= 4 is 38.5 Å². The van der Waals surface area contributed by atoms with E-state index in [1.54, 1.807) is 24.3 Å². The van der Waals surface area contributed by atoms with E-state index in [-0.39, 0.29) is 6.61 Å². The maximum absolute atomic E-state index is 12.3. The highest BCUT2D eigenvalue weighted by atomic mass is 79.9. The number of nitrogens with one attached hydrogen (secondary N) is 2. The van der Waals surface area contributed by atoms with E-state index in [4.69, 9.17) is 9.47 Å². The third-order valence-corrected chi connectivity index (χ3v) is 4.79. The molecule has 0 aliphatic heterocycles. The predicted octanol–water partition coefficient (Wildman–Crippen LogP) is 4.48. The molecule has 0 radical (unpaired) electrons. The van der Waals surface area contributed by atoms with Gasteiger partial charge < -0.3 is 9.47 Å². The number of benzene rings is 3. The van der Waals surface area contributed by atoms with Crippen molar-refractivity contribution in [2.75, 3.05) is 13.2 Å². The van der Waals surface area contributed by atoms with Gasteiger partial charge in [0.2, 0.25) is 0 Å². The van der Waals surface area contributed by atoms with Gasteiger partial charge in [-0.3, -0.25) is 20.4 Å². The Labute approximate surface area is 183 Å². The Morgan fingerprint density at radius 2 is 1.70 bits per heavy atom. The maximum atomic E-state index is 12.3. The van der Waals surface area contributed by atoms with Crippen molar-refractivity contribution < 1.29 is 19.1 Å². The molecule has 3 aromatic rings. The first kappa shape index (κ1) is 21.6. The molecular formula is C23H23BrN2O4. The van der Waals surface area contributed by atoms with Gasteiger partial charge in [0.1, 0.15) is 11.5 Å². The van der Waals surface area contributed by atoms with Gasteiger partial charge in [-0.05, 0) is 63.0 Å². The second kappa shape index (κ2) is 10.1. The molecule has 0 atom stereocenters. The molecule has 0 unspecified atom stereocenters. The molecule has 0 spiro atoms. The van der Waals surface area contributed by atoms with Crippen LogP contribution in [-0.4, -0.2) is 25.0 Å². The van der Waals surface area contributed by atoms with Crippen LogP contribution in [0.4, 0.5) is 0 Å². The van der Waals surface area contributed by atoms with Gasteiger partial charge in [0.05, 0.1) is 11.1 Å². The fourth-order valence-corrected chi connectivity index (χ4v) is 3.15. The number of halogens is 1. The number of carbonyl (C=O) groups excluding carboxylic acids is 2. The number of fused-ring (bicyclic) bond motifs is 1. The normalized spacial score (nSPS) is 10.7. The lowest BCUT2D eigenvalue weighted by atomic mass is 10.1. The fraction of sp³-hybridized carbons (Fsp3) is 0.217. The van der Waals surface area contributed by atoms with Gasteiger partial charge in [-0.2, -0.15) is 0 Å². The zero-order valence-corrected chi connectivity index (χ0v) is 18.4. The molecule has 6 nitrogen and oxygen atoms in total. The Hall–Kier alpha value is -3.06. The lowest BCUT2D eigenvalue weighted by Gasteiger charge is -2.12. The van der Waals surface area contributed by atoms with Gasteiger partial charge in [0.25, 0.3) is 11.8 Å². The summed E-state index contributed by atoms with van der Waals surface area (Å²) in [6.45, 7) is 4.48. The van der Waals surface area contributed by atoms with Gasteiger partial charge >= 0.3 is 0 Å². The quantitative estimate of drug-likeness (QED) is 0.499. The Morgan fingerprint density at radius 3 is 2.43 bits per heavy atom. The van der Waals surface area contributed by atoms with Crippen molar-refractivity contribution in [1.82, 2.24) is 10.9 Å². The number of hydrogen-bond donors (Lipinski definition) is 2. The molecule has 0 saturated heterocycles. The Bertz CT molecular complexity index is 1050. The van der Waals surface area contributed by atoms with Crippen LogP contribution in [0.15, 0.2) is 65.1 Å². The third-order valence-electron chi connectivity index (χ3n) is 4.17. The molecule has 2 N–H and O–H groups in total. The van der Waals surface area contributed by atoms with Crippen molar-refractivity contribution in [1.29, 1.82) is 0 Å². The fourth-order valence-electron chi connectivity index (χ4n) is 2.66. The highest BCUT2D eigenvalue weighted by Crippen LogP contribution is 2.26. The molecule has 156 valence electrons. The van der Waals surface area contributed by atoms with E-state index in [2.05, 4.69) is 40.6 Å². The smallest absolute Gasteiger partial charge is 0.276 e. The molecule has 3 aromatic carbocycles. The first-order valence-electron chi connectivity index (χ1n) is 9.55. The SMILES string of the molecule is CC(C)COc1ccc(C(=O)NNC(=O)COc2ccc3ccccc3c2)cc1Br. The summed E-state index contributed by atoms with van der Waals surface area (Å²) in [4.78, 5) is 24.3. The van der Waals surface area contributed by atoms with Crippen LogP contribution in [0, 0.1) is 5.92 Å². The van der Waals surface area contributed by atoms with E-state index in [1.807, 2.05) is 36.4 Å². The highest BCUT2D eigenvalue weighted by molar-refractivity contribution is 9.10. The predicted molar refractivity (Wildman–Crippen MR) is 120 cm³/mol. The Kier molecular flexibility index (Phi) is 7.30. The minimum absolute atomic E-state index is 0.218. The average molecular weight is 471 g/mol. The zero-order chi connectivity index (χ0) is 21.5. The number of carbonyl (C=O) groups is 2. The molecule has 0 saturated carbocycles. The van der Waals surface area contributed by atoms with Crippen LogP contribution in [0.5, 0.6) is 11.5 Å². The van der Waals surface area contributed by atoms with Crippen LogP contribution < -0.4 is 20.3 Å². The van der Waals surface area contributed by atoms with E-state index in [9.17, 15) is 9.59 Å². The van der Waals surface area contributed by atoms with Gasteiger partial charge in [-0.1, -0.05) is 44.2 Å². The van der Waals surface area contributed by atoms with E-state index < -0.39 is 11.8 Å². The van der Waals surface area contributed by atoms with E-state index in [1.165, 1.54) is 0 Å². The first-order chi connectivity index (χ1) is 14.4. The molecule has 3 rings (SSSR count). The van der Waals surface area contributed by atoms with E-state index in [0.29, 0.717) is 34.1 Å². The summed E-state index contributed by atoms with van der Waals surface area (Å²) in [6.07, 6.45) is 0. The van der Waals surface area contributed by atoms with Crippen LogP contribution in [0.25, 0.3) is 10.8 Å². The van der Waals surface area contributed by atoms with Crippen LogP contribution in [-0.2, 0) is 4.79 Å². The number of amides is 2. The molecule has 2 amide bonds. The summed E-state index contributed by atoms with van der Waals surface area (Å²) in [5.41, 5.74) is 5.12. The summed E-state index contributed by atoms with van der Waals surface area (Å²) in [7, 11) is 0. The molecular weight excluding hydrogens is 448 g/mol. The van der Waals surface area contributed by atoms with Gasteiger partial charge in [0.15, 0.2) is 6.61 Å². The summed E-state index contributed by atoms with van der Waals surface area (Å²) >= 11 is 3.40. The molecule has 0 aromatic heterocycles. The molecule has 30 heavy (non-hydrogen) atoms. The summed E-state index contributed by atoms with van der Waals surface area (Å²) in [5, 5.41) is 2.11. The van der Waals surface area contributed by atoms with Gasteiger partial charge in [0, 0.05) is 5.56 Å². The minimum atomic E-state index is -0.465. The largest absolute Gasteiger partial charge is 0.492 e. The van der Waals surface area contributed by atoms with Crippen LogP contribution in [0.2, 0.25) is 0 Å². The molecule has 0 heterocycles. The summed E-state index contributed by atoms with van der Waals surface area (Å²) in [5.74, 6) is 0.730. The summed E-state index contributed by atoms with van der Waals surface area (Å²) in [6, 6.07) is 18.5. The average Bonchev–Trinajstić information content (AvgIpc) is 2.74. The van der Waals surface area contributed by atoms with Crippen LogP contribution in [0.3, 0.4) is 0 Å². The monoisotopic (exact) mass is 470 g/mol. The molecule has 7 heteroatoms. The van der Waals surface area contributed by atoms with Crippen LogP contribution in [0.1, 0.15) is 24.2 Å². The first-order valence-corrected chi connectivity index (χ1v) is 10.3. The van der Waals surface area contributed by atoms with Crippen molar-refractivity contribution in [3.63, 3.8) is 0 Å². The van der Waals surface area contributed by atoms with Crippen LogP contribution >= 0.6 is 15.9 Å². The second-order valence-electron chi connectivity index (χ2n) is 7.15. The van der Waals surface area contributed by atoms with Crippen molar-refractivity contribution in [2.24, 2.45) is 5.92 Å². The third kappa shape index (κ3) is 5.97. The van der Waals surface area contributed by atoms with Crippen molar-refractivity contribution in [3.8, 4) is 11.5 Å². The Morgan fingerprint density at radius 1 is 0.933 bits per heavy atom.